The first-order chi connectivity index (χ1) is 16.8. The zero-order valence-corrected chi connectivity index (χ0v) is 21.3. The van der Waals surface area contributed by atoms with Gasteiger partial charge in [-0.2, -0.15) is 0 Å². The van der Waals surface area contributed by atoms with Crippen molar-refractivity contribution < 1.29 is 4.74 Å². The maximum absolute atomic E-state index is 5.66. The Kier molecular flexibility index (Phi) is 6.09. The second-order valence-corrected chi connectivity index (χ2v) is 10.4. The van der Waals surface area contributed by atoms with Gasteiger partial charge in [-0.25, -0.2) is 9.67 Å². The molecule has 0 bridgehead atoms. The Morgan fingerprint density at radius 2 is 1.71 bits per heavy atom. The summed E-state index contributed by atoms with van der Waals surface area (Å²) in [6, 6.07) is 15.5. The van der Waals surface area contributed by atoms with Gasteiger partial charge in [-0.3, -0.25) is 0 Å². The number of piperidine rings is 1. The van der Waals surface area contributed by atoms with Crippen LogP contribution in [0.4, 0.5) is 5.69 Å². The monoisotopic (exact) mass is 470 g/mol. The Morgan fingerprint density at radius 1 is 0.971 bits per heavy atom. The summed E-state index contributed by atoms with van der Waals surface area (Å²) in [5, 5.41) is 8.96. The molecule has 0 atom stereocenters. The van der Waals surface area contributed by atoms with E-state index in [2.05, 4.69) is 77.5 Å². The first-order valence-corrected chi connectivity index (χ1v) is 12.3. The molecule has 0 spiro atoms. The fourth-order valence-corrected chi connectivity index (χ4v) is 4.75. The highest BCUT2D eigenvalue weighted by Gasteiger charge is 2.23. The van der Waals surface area contributed by atoms with Crippen molar-refractivity contribution in [2.45, 2.75) is 52.0 Å². The molecule has 2 aromatic carbocycles. The Bertz CT molecular complexity index is 1290. The van der Waals surface area contributed by atoms with Crippen molar-refractivity contribution in [2.75, 3.05) is 25.1 Å². The molecule has 0 saturated carbocycles. The quantitative estimate of drug-likeness (QED) is 0.381. The van der Waals surface area contributed by atoms with E-state index in [0.29, 0.717) is 6.04 Å². The maximum Gasteiger partial charge on any atom is 0.143 e. The summed E-state index contributed by atoms with van der Waals surface area (Å²) in [6.07, 6.45) is 7.94. The number of aryl methyl sites for hydroxylation is 1. The molecule has 2 aromatic heterocycles. The van der Waals surface area contributed by atoms with Gasteiger partial charge in [0.2, 0.25) is 0 Å². The standard InChI is InChI=1S/C28H34N6O/c1-20-17-33(19-29-20)26-11-6-21(16-27(26)35-5)25-18-34(31-30-25)24-12-14-32(15-13-24)23-9-7-22(8-10-23)28(2,3)4/h6-11,16-19,24H,12-15H2,1-5H3. The molecule has 1 aliphatic heterocycles. The van der Waals surface area contributed by atoms with E-state index in [1.54, 1.807) is 13.4 Å². The molecule has 35 heavy (non-hydrogen) atoms. The molecule has 0 radical (unpaired) electrons. The van der Waals surface area contributed by atoms with Gasteiger partial charge in [-0.1, -0.05) is 44.2 Å². The van der Waals surface area contributed by atoms with Crippen LogP contribution in [0.2, 0.25) is 0 Å². The fourth-order valence-electron chi connectivity index (χ4n) is 4.75. The van der Waals surface area contributed by atoms with Gasteiger partial charge in [0.25, 0.3) is 0 Å². The van der Waals surface area contributed by atoms with Crippen molar-refractivity contribution in [3.8, 4) is 22.7 Å². The highest BCUT2D eigenvalue weighted by molar-refractivity contribution is 5.64. The molecule has 1 fully saturated rings. The van der Waals surface area contributed by atoms with Gasteiger partial charge in [-0.05, 0) is 55.0 Å². The fraction of sp³-hybridized carbons (Fsp3) is 0.393. The smallest absolute Gasteiger partial charge is 0.143 e. The van der Waals surface area contributed by atoms with Crippen molar-refractivity contribution in [3.05, 3.63) is 72.4 Å². The van der Waals surface area contributed by atoms with Crippen LogP contribution in [0.15, 0.2) is 61.2 Å². The molecule has 3 heterocycles. The van der Waals surface area contributed by atoms with E-state index in [-0.39, 0.29) is 5.41 Å². The van der Waals surface area contributed by atoms with E-state index < -0.39 is 0 Å². The molecule has 0 aliphatic carbocycles. The Hall–Kier alpha value is -3.61. The molecule has 1 saturated heterocycles. The minimum absolute atomic E-state index is 0.180. The number of hydrogen-bond donors (Lipinski definition) is 0. The van der Waals surface area contributed by atoms with E-state index in [9.17, 15) is 0 Å². The van der Waals surface area contributed by atoms with Crippen LogP contribution in [0.1, 0.15) is 50.9 Å². The molecular weight excluding hydrogens is 436 g/mol. The lowest BCUT2D eigenvalue weighted by Crippen LogP contribution is -2.34. The van der Waals surface area contributed by atoms with E-state index in [1.807, 2.05) is 34.5 Å². The zero-order chi connectivity index (χ0) is 24.6. The first-order valence-electron chi connectivity index (χ1n) is 12.3. The summed E-state index contributed by atoms with van der Waals surface area (Å²) >= 11 is 0. The normalized spacial score (nSPS) is 14.9. The third-order valence-corrected chi connectivity index (χ3v) is 6.91. The van der Waals surface area contributed by atoms with Gasteiger partial charge in [0.1, 0.15) is 11.4 Å². The molecule has 0 amide bonds. The Labute approximate surface area is 207 Å². The first kappa shape index (κ1) is 23.1. The topological polar surface area (TPSA) is 61.0 Å². The van der Waals surface area contributed by atoms with Gasteiger partial charge in [-0.15, -0.1) is 5.10 Å². The van der Waals surface area contributed by atoms with Gasteiger partial charge in [0, 0.05) is 30.5 Å². The van der Waals surface area contributed by atoms with E-state index in [1.165, 1.54) is 11.3 Å². The minimum atomic E-state index is 0.180. The highest BCUT2D eigenvalue weighted by Crippen LogP contribution is 2.32. The second kappa shape index (κ2) is 9.21. The van der Waals surface area contributed by atoms with Crippen LogP contribution in [-0.4, -0.2) is 44.7 Å². The third kappa shape index (κ3) is 4.81. The summed E-state index contributed by atoms with van der Waals surface area (Å²) in [6.45, 7) is 10.8. The molecule has 0 N–H and O–H groups in total. The second-order valence-electron chi connectivity index (χ2n) is 10.4. The van der Waals surface area contributed by atoms with E-state index in [4.69, 9.17) is 4.74 Å². The van der Waals surface area contributed by atoms with Crippen LogP contribution in [0.3, 0.4) is 0 Å². The molecule has 7 heteroatoms. The molecule has 0 unspecified atom stereocenters. The van der Waals surface area contributed by atoms with Crippen molar-refractivity contribution in [2.24, 2.45) is 0 Å². The molecular formula is C28H34N6O. The average molecular weight is 471 g/mol. The number of methoxy groups -OCH3 is 1. The molecule has 182 valence electrons. The number of hydrogen-bond acceptors (Lipinski definition) is 5. The van der Waals surface area contributed by atoms with Gasteiger partial charge < -0.3 is 14.2 Å². The lowest BCUT2D eigenvalue weighted by molar-refractivity contribution is 0.360. The van der Waals surface area contributed by atoms with Crippen LogP contribution >= 0.6 is 0 Å². The summed E-state index contributed by atoms with van der Waals surface area (Å²) in [5.41, 5.74) is 6.62. The molecule has 4 aromatic rings. The Balaban J connectivity index is 1.27. The number of anilines is 1. The zero-order valence-electron chi connectivity index (χ0n) is 21.3. The minimum Gasteiger partial charge on any atom is -0.495 e. The van der Waals surface area contributed by atoms with Crippen molar-refractivity contribution in [1.29, 1.82) is 0 Å². The van der Waals surface area contributed by atoms with Crippen LogP contribution in [0.5, 0.6) is 5.75 Å². The molecule has 5 rings (SSSR count). The summed E-state index contributed by atoms with van der Waals surface area (Å²) in [7, 11) is 1.69. The summed E-state index contributed by atoms with van der Waals surface area (Å²) in [5.74, 6) is 0.778. The maximum atomic E-state index is 5.66. The van der Waals surface area contributed by atoms with Crippen LogP contribution in [0, 0.1) is 6.92 Å². The van der Waals surface area contributed by atoms with Crippen molar-refractivity contribution in [3.63, 3.8) is 0 Å². The number of rotatable bonds is 5. The van der Waals surface area contributed by atoms with Gasteiger partial charge in [0.15, 0.2) is 0 Å². The summed E-state index contributed by atoms with van der Waals surface area (Å²) < 4.78 is 9.67. The number of nitrogens with zero attached hydrogens (tertiary/aromatic N) is 6. The SMILES string of the molecule is COc1cc(-c2cn(C3CCN(c4ccc(C(C)(C)C)cc4)CC3)nn2)ccc1-n1cnc(C)c1. The average Bonchev–Trinajstić information content (AvgIpc) is 3.53. The lowest BCUT2D eigenvalue weighted by atomic mass is 9.87. The number of benzene rings is 2. The van der Waals surface area contributed by atoms with Crippen molar-refractivity contribution in [1.82, 2.24) is 24.5 Å². The molecule has 7 nitrogen and oxygen atoms in total. The molecule has 1 aliphatic rings. The number of aromatic nitrogens is 5. The summed E-state index contributed by atoms with van der Waals surface area (Å²) in [4.78, 5) is 6.79. The number of ether oxygens (including phenoxy) is 1. The third-order valence-electron chi connectivity index (χ3n) is 6.91. The van der Waals surface area contributed by atoms with E-state index in [0.717, 1.165) is 54.3 Å². The predicted octanol–water partition coefficient (Wildman–Crippen LogP) is 5.59. The number of imidazole rings is 1. The van der Waals surface area contributed by atoms with Crippen LogP contribution < -0.4 is 9.64 Å². The highest BCUT2D eigenvalue weighted by atomic mass is 16.5. The van der Waals surface area contributed by atoms with E-state index >= 15 is 0 Å². The predicted molar refractivity (Wildman–Crippen MR) is 139 cm³/mol. The van der Waals surface area contributed by atoms with Crippen LogP contribution in [0.25, 0.3) is 16.9 Å². The lowest BCUT2D eigenvalue weighted by Gasteiger charge is -2.33. The largest absolute Gasteiger partial charge is 0.495 e. The Morgan fingerprint density at radius 3 is 2.34 bits per heavy atom. The van der Waals surface area contributed by atoms with Gasteiger partial charge in [0.05, 0.1) is 37.1 Å². The van der Waals surface area contributed by atoms with Gasteiger partial charge >= 0.3 is 0 Å². The van der Waals surface area contributed by atoms with Crippen LogP contribution in [-0.2, 0) is 5.41 Å². The van der Waals surface area contributed by atoms with Crippen molar-refractivity contribution >= 4 is 5.69 Å².